The molecule has 2 aromatic rings. The van der Waals surface area contributed by atoms with E-state index in [0.29, 0.717) is 19.8 Å². The van der Waals surface area contributed by atoms with E-state index in [1.165, 1.54) is 0 Å². The average Bonchev–Trinajstić information content (AvgIpc) is 2.87. The van der Waals surface area contributed by atoms with Crippen LogP contribution in [0.2, 0.25) is 0 Å². The van der Waals surface area contributed by atoms with Gasteiger partial charge in [0, 0.05) is 30.6 Å². The number of nitrogens with two attached hydrogens (primary N) is 1. The minimum atomic E-state index is 0.577. The summed E-state index contributed by atoms with van der Waals surface area (Å²) in [5, 5.41) is 0. The van der Waals surface area contributed by atoms with E-state index < -0.39 is 0 Å². The molecule has 106 valence electrons. The zero-order chi connectivity index (χ0) is 13.9. The Morgan fingerprint density at radius 2 is 2.00 bits per heavy atom. The van der Waals surface area contributed by atoms with Crippen molar-refractivity contribution in [2.45, 2.75) is 26.3 Å². The fourth-order valence-corrected chi connectivity index (χ4v) is 2.40. The van der Waals surface area contributed by atoms with Gasteiger partial charge in [-0.1, -0.05) is 6.92 Å². The van der Waals surface area contributed by atoms with Crippen LogP contribution in [-0.4, -0.2) is 22.8 Å². The Balaban J connectivity index is 1.88. The zero-order valence-electron chi connectivity index (χ0n) is 11.6. The first-order valence-corrected chi connectivity index (χ1v) is 6.96. The maximum atomic E-state index is 6.12. The Kier molecular flexibility index (Phi) is 3.50. The molecule has 2 N–H and O–H groups in total. The summed E-state index contributed by atoms with van der Waals surface area (Å²) >= 11 is 0. The van der Waals surface area contributed by atoms with Crippen molar-refractivity contribution in [1.82, 2.24) is 9.55 Å². The summed E-state index contributed by atoms with van der Waals surface area (Å²) in [6.07, 6.45) is 5.87. The van der Waals surface area contributed by atoms with Crippen LogP contribution < -0.4 is 15.2 Å². The number of hydrogen-bond donors (Lipinski definition) is 1. The highest BCUT2D eigenvalue weighted by Crippen LogP contribution is 2.34. The van der Waals surface area contributed by atoms with E-state index in [1.807, 2.05) is 24.5 Å². The van der Waals surface area contributed by atoms with Gasteiger partial charge < -0.3 is 19.8 Å². The minimum Gasteiger partial charge on any atom is -0.486 e. The number of anilines is 1. The molecule has 1 aliphatic heterocycles. The van der Waals surface area contributed by atoms with E-state index in [-0.39, 0.29) is 0 Å². The standard InChI is InChI=1S/C15H19N3O2/c1-2-3-15-17-4-5-18(15)10-11-8-13-14(9-12(11)16)20-7-6-19-13/h4-5,8-9H,2-3,6-7,10,16H2,1H3. The number of nitrogen functional groups attached to an aromatic ring is 1. The number of nitrogens with zero attached hydrogens (tertiary/aromatic N) is 2. The summed E-state index contributed by atoms with van der Waals surface area (Å²) in [4.78, 5) is 4.39. The first kappa shape index (κ1) is 12.8. The van der Waals surface area contributed by atoms with Gasteiger partial charge in [-0.15, -0.1) is 0 Å². The first-order valence-electron chi connectivity index (χ1n) is 6.96. The molecule has 0 amide bonds. The van der Waals surface area contributed by atoms with E-state index in [2.05, 4.69) is 16.5 Å². The van der Waals surface area contributed by atoms with Gasteiger partial charge in [0.05, 0.1) is 6.54 Å². The van der Waals surface area contributed by atoms with E-state index in [1.54, 1.807) is 0 Å². The van der Waals surface area contributed by atoms with Crippen molar-refractivity contribution in [2.75, 3.05) is 18.9 Å². The normalized spacial score (nSPS) is 13.4. The molecular weight excluding hydrogens is 254 g/mol. The van der Waals surface area contributed by atoms with Crippen LogP contribution in [0, 0.1) is 0 Å². The van der Waals surface area contributed by atoms with Crippen LogP contribution in [0.3, 0.4) is 0 Å². The molecule has 0 bridgehead atoms. The van der Waals surface area contributed by atoms with Gasteiger partial charge in [0.2, 0.25) is 0 Å². The molecule has 0 fully saturated rings. The van der Waals surface area contributed by atoms with Gasteiger partial charge in [-0.25, -0.2) is 4.98 Å². The Morgan fingerprint density at radius 1 is 1.25 bits per heavy atom. The highest BCUT2D eigenvalue weighted by Gasteiger charge is 2.15. The van der Waals surface area contributed by atoms with E-state index in [4.69, 9.17) is 15.2 Å². The van der Waals surface area contributed by atoms with Gasteiger partial charge in [-0.3, -0.25) is 0 Å². The number of hydrogen-bond acceptors (Lipinski definition) is 4. The molecule has 0 saturated carbocycles. The van der Waals surface area contributed by atoms with Crippen LogP contribution in [0.4, 0.5) is 5.69 Å². The van der Waals surface area contributed by atoms with Crippen molar-refractivity contribution < 1.29 is 9.47 Å². The lowest BCUT2D eigenvalue weighted by atomic mass is 10.1. The lowest BCUT2D eigenvalue weighted by molar-refractivity contribution is 0.171. The summed E-state index contributed by atoms with van der Waals surface area (Å²) < 4.78 is 13.3. The minimum absolute atomic E-state index is 0.577. The second kappa shape index (κ2) is 5.45. The van der Waals surface area contributed by atoms with E-state index in [9.17, 15) is 0 Å². The maximum absolute atomic E-state index is 6.12. The molecular formula is C15H19N3O2. The Bertz CT molecular complexity index is 607. The smallest absolute Gasteiger partial charge is 0.163 e. The van der Waals surface area contributed by atoms with Gasteiger partial charge in [0.1, 0.15) is 19.0 Å². The van der Waals surface area contributed by atoms with Gasteiger partial charge in [-0.05, 0) is 18.1 Å². The number of fused-ring (bicyclic) bond motifs is 1. The van der Waals surface area contributed by atoms with Crippen molar-refractivity contribution in [2.24, 2.45) is 0 Å². The number of ether oxygens (including phenoxy) is 2. The predicted molar refractivity (Wildman–Crippen MR) is 77.2 cm³/mol. The second-order valence-electron chi connectivity index (χ2n) is 4.92. The van der Waals surface area contributed by atoms with Gasteiger partial charge in [-0.2, -0.15) is 0 Å². The average molecular weight is 273 g/mol. The van der Waals surface area contributed by atoms with Crippen molar-refractivity contribution >= 4 is 5.69 Å². The number of aryl methyl sites for hydroxylation is 1. The SMILES string of the molecule is CCCc1nccn1Cc1cc2c(cc1N)OCCO2. The molecule has 0 atom stereocenters. The second-order valence-corrected chi connectivity index (χ2v) is 4.92. The molecule has 0 radical (unpaired) electrons. The fraction of sp³-hybridized carbons (Fsp3) is 0.400. The highest BCUT2D eigenvalue weighted by atomic mass is 16.6. The molecule has 3 rings (SSSR count). The largest absolute Gasteiger partial charge is 0.486 e. The third kappa shape index (κ3) is 2.43. The van der Waals surface area contributed by atoms with Crippen LogP contribution in [0.15, 0.2) is 24.5 Å². The molecule has 1 aliphatic rings. The lowest BCUT2D eigenvalue weighted by Crippen LogP contribution is -2.16. The van der Waals surface area contributed by atoms with Crippen LogP contribution in [0.5, 0.6) is 11.5 Å². The first-order chi connectivity index (χ1) is 9.78. The van der Waals surface area contributed by atoms with Gasteiger partial charge >= 0.3 is 0 Å². The van der Waals surface area contributed by atoms with E-state index in [0.717, 1.165) is 41.4 Å². The van der Waals surface area contributed by atoms with Crippen molar-refractivity contribution in [3.05, 3.63) is 35.9 Å². The monoisotopic (exact) mass is 273 g/mol. The van der Waals surface area contributed by atoms with Gasteiger partial charge in [0.15, 0.2) is 11.5 Å². The lowest BCUT2D eigenvalue weighted by Gasteiger charge is -2.20. The zero-order valence-corrected chi connectivity index (χ0v) is 11.6. The summed E-state index contributed by atoms with van der Waals surface area (Å²) in [7, 11) is 0. The van der Waals surface area contributed by atoms with Gasteiger partial charge in [0.25, 0.3) is 0 Å². The maximum Gasteiger partial charge on any atom is 0.163 e. The van der Waals surface area contributed by atoms with Crippen molar-refractivity contribution in [3.63, 3.8) is 0 Å². The third-order valence-electron chi connectivity index (χ3n) is 3.42. The van der Waals surface area contributed by atoms with Crippen LogP contribution in [0.1, 0.15) is 24.7 Å². The van der Waals surface area contributed by atoms with E-state index >= 15 is 0 Å². The molecule has 0 aliphatic carbocycles. The molecule has 0 unspecified atom stereocenters. The molecule has 1 aromatic heterocycles. The molecule has 5 nitrogen and oxygen atoms in total. The van der Waals surface area contributed by atoms with Crippen LogP contribution >= 0.6 is 0 Å². The highest BCUT2D eigenvalue weighted by molar-refractivity contribution is 5.58. The molecule has 20 heavy (non-hydrogen) atoms. The van der Waals surface area contributed by atoms with Crippen LogP contribution in [0.25, 0.3) is 0 Å². The Labute approximate surface area is 118 Å². The summed E-state index contributed by atoms with van der Waals surface area (Å²) in [6.45, 7) is 4.02. The quantitative estimate of drug-likeness (QED) is 0.868. The third-order valence-corrected chi connectivity index (χ3v) is 3.42. The van der Waals surface area contributed by atoms with Crippen molar-refractivity contribution in [3.8, 4) is 11.5 Å². The molecule has 0 saturated heterocycles. The predicted octanol–water partition coefficient (Wildman–Crippen LogP) is 2.24. The van der Waals surface area contributed by atoms with Crippen LogP contribution in [-0.2, 0) is 13.0 Å². The summed E-state index contributed by atoms with van der Waals surface area (Å²) in [5.74, 6) is 2.59. The number of benzene rings is 1. The van der Waals surface area contributed by atoms with Crippen molar-refractivity contribution in [1.29, 1.82) is 0 Å². The number of imidazole rings is 1. The molecule has 2 heterocycles. The summed E-state index contributed by atoms with van der Waals surface area (Å²) in [5.41, 5.74) is 7.88. The summed E-state index contributed by atoms with van der Waals surface area (Å²) in [6, 6.07) is 3.82. The number of aromatic nitrogens is 2. The topological polar surface area (TPSA) is 62.3 Å². The Morgan fingerprint density at radius 3 is 2.75 bits per heavy atom. The fourth-order valence-electron chi connectivity index (χ4n) is 2.40. The molecule has 5 heteroatoms. The Hall–Kier alpha value is -2.17. The number of rotatable bonds is 4. The molecule has 0 spiro atoms. The molecule has 1 aromatic carbocycles.